The average molecular weight is 652 g/mol. The fraction of sp³-hybridized carbons (Fsp3) is 0. The molecule has 0 amide bonds. The van der Waals surface area contributed by atoms with E-state index in [1.54, 1.807) is 0 Å². The molecular weight excluding hydrogens is 623 g/mol. The number of furan rings is 1. The predicted molar refractivity (Wildman–Crippen MR) is 209 cm³/mol. The molecule has 0 unspecified atom stereocenters. The molecule has 0 aliphatic carbocycles. The van der Waals surface area contributed by atoms with Crippen LogP contribution in [0.25, 0.3) is 99.9 Å². The second-order valence-electron chi connectivity index (χ2n) is 12.8. The van der Waals surface area contributed by atoms with Crippen molar-refractivity contribution in [3.8, 4) is 56.4 Å². The van der Waals surface area contributed by atoms with Gasteiger partial charge in [-0.2, -0.15) is 0 Å². The van der Waals surface area contributed by atoms with E-state index in [-0.39, 0.29) is 0 Å². The summed E-state index contributed by atoms with van der Waals surface area (Å²) in [4.78, 5) is 15.4. The molecule has 0 aliphatic rings. The third kappa shape index (κ3) is 5.13. The highest BCUT2D eigenvalue weighted by molar-refractivity contribution is 6.19. The van der Waals surface area contributed by atoms with Crippen molar-refractivity contribution in [2.24, 2.45) is 0 Å². The highest BCUT2D eigenvalue weighted by Gasteiger charge is 2.21. The third-order valence-electron chi connectivity index (χ3n) is 9.70. The van der Waals surface area contributed by atoms with Crippen molar-refractivity contribution in [3.05, 3.63) is 176 Å². The summed E-state index contributed by atoms with van der Waals surface area (Å²) >= 11 is 0. The van der Waals surface area contributed by atoms with E-state index in [2.05, 4.69) is 140 Å². The first-order chi connectivity index (χ1) is 25.2. The van der Waals surface area contributed by atoms with E-state index in [4.69, 9.17) is 19.4 Å². The monoisotopic (exact) mass is 651 g/mol. The lowest BCUT2D eigenvalue weighted by Gasteiger charge is -2.11. The molecule has 4 nitrogen and oxygen atoms in total. The summed E-state index contributed by atoms with van der Waals surface area (Å²) in [5.41, 5.74) is 8.81. The average Bonchev–Trinajstić information content (AvgIpc) is 3.60. The Morgan fingerprint density at radius 1 is 0.333 bits per heavy atom. The first-order valence-electron chi connectivity index (χ1n) is 17.1. The number of hydrogen-bond acceptors (Lipinski definition) is 4. The van der Waals surface area contributed by atoms with Crippen molar-refractivity contribution in [2.45, 2.75) is 0 Å². The summed E-state index contributed by atoms with van der Waals surface area (Å²) in [6.45, 7) is 0. The first kappa shape index (κ1) is 29.0. The fourth-order valence-electron chi connectivity index (χ4n) is 7.13. The zero-order valence-corrected chi connectivity index (χ0v) is 27.5. The van der Waals surface area contributed by atoms with Gasteiger partial charge in [0.2, 0.25) is 0 Å². The minimum absolute atomic E-state index is 0.594. The van der Waals surface area contributed by atoms with Gasteiger partial charge in [-0.15, -0.1) is 0 Å². The second-order valence-corrected chi connectivity index (χ2v) is 12.8. The van der Waals surface area contributed by atoms with Gasteiger partial charge in [0.25, 0.3) is 0 Å². The van der Waals surface area contributed by atoms with Crippen LogP contribution in [0.15, 0.2) is 180 Å². The van der Waals surface area contributed by atoms with Gasteiger partial charge in [-0.05, 0) is 62.7 Å². The normalized spacial score (nSPS) is 11.5. The molecule has 0 spiro atoms. The lowest BCUT2D eigenvalue weighted by Crippen LogP contribution is -2.00. The van der Waals surface area contributed by atoms with Gasteiger partial charge in [0.15, 0.2) is 17.5 Å². The van der Waals surface area contributed by atoms with Gasteiger partial charge in [-0.25, -0.2) is 15.0 Å². The molecule has 10 rings (SSSR count). The Bertz CT molecular complexity index is 2900. The van der Waals surface area contributed by atoms with Gasteiger partial charge in [-0.1, -0.05) is 152 Å². The van der Waals surface area contributed by atoms with Gasteiger partial charge >= 0.3 is 0 Å². The van der Waals surface area contributed by atoms with Crippen LogP contribution in [-0.2, 0) is 0 Å². The van der Waals surface area contributed by atoms with E-state index < -0.39 is 0 Å². The van der Waals surface area contributed by atoms with Crippen LogP contribution >= 0.6 is 0 Å². The maximum Gasteiger partial charge on any atom is 0.164 e. The summed E-state index contributed by atoms with van der Waals surface area (Å²) in [6, 6.07) is 61.0. The van der Waals surface area contributed by atoms with Crippen LogP contribution in [0.4, 0.5) is 0 Å². The summed E-state index contributed by atoms with van der Waals surface area (Å²) in [6.07, 6.45) is 0. The largest absolute Gasteiger partial charge is 0.455 e. The van der Waals surface area contributed by atoms with E-state index >= 15 is 0 Å². The van der Waals surface area contributed by atoms with Crippen molar-refractivity contribution >= 4 is 43.5 Å². The Balaban J connectivity index is 1.19. The molecule has 238 valence electrons. The molecule has 0 radical (unpaired) electrons. The van der Waals surface area contributed by atoms with Crippen LogP contribution in [0.2, 0.25) is 0 Å². The SMILES string of the molecule is c1ccc(-c2cc(-c3nc(-c4ccccc4)nc(-c4ccc(-c5ccc6ccccc6c5)cc4)n3)c3c(c2)oc2c4ccccc4ccc23)cc1. The molecule has 0 bridgehead atoms. The van der Waals surface area contributed by atoms with Crippen molar-refractivity contribution in [3.63, 3.8) is 0 Å². The van der Waals surface area contributed by atoms with E-state index in [1.807, 2.05) is 36.4 Å². The van der Waals surface area contributed by atoms with Crippen molar-refractivity contribution in [2.75, 3.05) is 0 Å². The molecule has 0 N–H and O–H groups in total. The molecule has 8 aromatic carbocycles. The van der Waals surface area contributed by atoms with Crippen LogP contribution in [0.5, 0.6) is 0 Å². The highest BCUT2D eigenvalue weighted by Crippen LogP contribution is 2.42. The summed E-state index contributed by atoms with van der Waals surface area (Å²) in [5, 5.41) is 6.67. The number of hydrogen-bond donors (Lipinski definition) is 0. The molecule has 10 aromatic rings. The van der Waals surface area contributed by atoms with Gasteiger partial charge in [0.1, 0.15) is 11.2 Å². The summed E-state index contributed by atoms with van der Waals surface area (Å²) in [7, 11) is 0. The highest BCUT2D eigenvalue weighted by atomic mass is 16.3. The Kier molecular flexibility index (Phi) is 6.78. The molecule has 0 saturated heterocycles. The van der Waals surface area contributed by atoms with Crippen molar-refractivity contribution in [1.82, 2.24) is 15.0 Å². The topological polar surface area (TPSA) is 51.8 Å². The summed E-state index contributed by atoms with van der Waals surface area (Å²) in [5.74, 6) is 1.82. The molecule has 2 aromatic heterocycles. The summed E-state index contributed by atoms with van der Waals surface area (Å²) < 4.78 is 6.73. The van der Waals surface area contributed by atoms with E-state index in [0.717, 1.165) is 66.1 Å². The lowest BCUT2D eigenvalue weighted by molar-refractivity contribution is 0.673. The third-order valence-corrected chi connectivity index (χ3v) is 9.70. The van der Waals surface area contributed by atoms with Crippen LogP contribution in [0, 0.1) is 0 Å². The number of nitrogens with zero attached hydrogens (tertiary/aromatic N) is 3. The van der Waals surface area contributed by atoms with Crippen LogP contribution in [-0.4, -0.2) is 15.0 Å². The number of fused-ring (bicyclic) bond motifs is 6. The predicted octanol–water partition coefficient (Wildman–Crippen LogP) is 12.4. The minimum Gasteiger partial charge on any atom is -0.455 e. The zero-order chi connectivity index (χ0) is 33.7. The first-order valence-corrected chi connectivity index (χ1v) is 17.1. The van der Waals surface area contributed by atoms with E-state index in [0.29, 0.717) is 17.5 Å². The fourth-order valence-corrected chi connectivity index (χ4v) is 7.13. The van der Waals surface area contributed by atoms with Crippen molar-refractivity contribution in [1.29, 1.82) is 0 Å². The van der Waals surface area contributed by atoms with E-state index in [1.165, 1.54) is 16.3 Å². The second kappa shape index (κ2) is 11.9. The standard InChI is InChI=1S/C47H29N3O/c1-3-11-30(12-4-1)38-28-41(43-40-26-25-33-14-9-10-18-39(33)44(40)51-42(43)29-38)47-49-45(34-15-5-2-6-16-34)48-46(50-47)35-22-19-32(20-23-35)37-24-21-31-13-7-8-17-36(31)27-37/h1-29H. The van der Waals surface area contributed by atoms with Gasteiger partial charge in [-0.3, -0.25) is 0 Å². The Hall–Kier alpha value is -6.91. The van der Waals surface area contributed by atoms with E-state index in [9.17, 15) is 0 Å². The van der Waals surface area contributed by atoms with Gasteiger partial charge < -0.3 is 4.42 Å². The smallest absolute Gasteiger partial charge is 0.164 e. The van der Waals surface area contributed by atoms with Gasteiger partial charge in [0, 0.05) is 32.8 Å². The number of aromatic nitrogens is 3. The lowest BCUT2D eigenvalue weighted by atomic mass is 9.97. The Morgan fingerprint density at radius 3 is 1.65 bits per heavy atom. The maximum atomic E-state index is 6.73. The quantitative estimate of drug-likeness (QED) is 0.186. The Morgan fingerprint density at radius 2 is 0.882 bits per heavy atom. The maximum absolute atomic E-state index is 6.73. The molecular formula is C47H29N3O. The van der Waals surface area contributed by atoms with Gasteiger partial charge in [0.05, 0.1) is 0 Å². The van der Waals surface area contributed by atoms with Crippen molar-refractivity contribution < 1.29 is 4.42 Å². The van der Waals surface area contributed by atoms with Crippen LogP contribution in [0.3, 0.4) is 0 Å². The molecule has 0 atom stereocenters. The Labute approximate surface area is 294 Å². The molecule has 0 saturated carbocycles. The molecule has 2 heterocycles. The molecule has 0 aliphatic heterocycles. The minimum atomic E-state index is 0.594. The van der Waals surface area contributed by atoms with Crippen LogP contribution in [0.1, 0.15) is 0 Å². The number of benzene rings is 8. The molecule has 4 heteroatoms. The molecule has 51 heavy (non-hydrogen) atoms. The van der Waals surface area contributed by atoms with Crippen LogP contribution < -0.4 is 0 Å². The molecule has 0 fully saturated rings. The zero-order valence-electron chi connectivity index (χ0n) is 27.5. The number of rotatable bonds is 5.